The van der Waals surface area contributed by atoms with Crippen LogP contribution in [0.2, 0.25) is 0 Å². The molecule has 7 heteroatoms. The minimum absolute atomic E-state index is 0.0857. The number of nitrogens with one attached hydrogen (secondary N) is 1. The lowest BCUT2D eigenvalue weighted by Crippen LogP contribution is -2.29. The minimum atomic E-state index is -4.29. The lowest BCUT2D eigenvalue weighted by molar-refractivity contribution is -0.136. The molecule has 0 aliphatic heterocycles. The number of halogens is 4. The number of methoxy groups -OCH3 is 1. The van der Waals surface area contributed by atoms with E-state index in [-0.39, 0.29) is 12.0 Å². The van der Waals surface area contributed by atoms with Crippen LogP contribution < -0.4 is 16.0 Å². The van der Waals surface area contributed by atoms with Crippen molar-refractivity contribution in [1.82, 2.24) is 5.43 Å². The summed E-state index contributed by atoms with van der Waals surface area (Å²) in [5.41, 5.74) is 2.27. The summed E-state index contributed by atoms with van der Waals surface area (Å²) in [6.45, 7) is 0. The molecule has 1 rings (SSSR count). The van der Waals surface area contributed by atoms with Crippen LogP contribution in [0.3, 0.4) is 0 Å². The van der Waals surface area contributed by atoms with Crippen molar-refractivity contribution >= 4 is 0 Å². The molecule has 0 heterocycles. The number of hydrogen-bond acceptors (Lipinski definition) is 3. The van der Waals surface area contributed by atoms with Gasteiger partial charge in [0.25, 0.3) is 0 Å². The molecule has 0 aliphatic carbocycles. The van der Waals surface area contributed by atoms with Crippen LogP contribution in [0.25, 0.3) is 0 Å². The highest BCUT2D eigenvalue weighted by molar-refractivity contribution is 5.30. The van der Waals surface area contributed by atoms with E-state index in [1.54, 1.807) is 0 Å². The van der Waals surface area contributed by atoms with Gasteiger partial charge in [-0.1, -0.05) is 6.07 Å². The van der Waals surface area contributed by atoms with E-state index in [0.29, 0.717) is 5.75 Å². The van der Waals surface area contributed by atoms with E-state index in [4.69, 9.17) is 10.6 Å². The topological polar surface area (TPSA) is 47.3 Å². The van der Waals surface area contributed by atoms with Gasteiger partial charge in [-0.05, 0) is 12.5 Å². The van der Waals surface area contributed by atoms with Crippen LogP contribution in [0, 0.1) is 5.82 Å². The number of ether oxygens (including phenoxy) is 1. The lowest BCUT2D eigenvalue weighted by Gasteiger charge is -2.18. The molecule has 0 aliphatic rings. The van der Waals surface area contributed by atoms with Gasteiger partial charge in [-0.3, -0.25) is 11.3 Å². The van der Waals surface area contributed by atoms with Gasteiger partial charge < -0.3 is 4.74 Å². The molecule has 0 saturated carbocycles. The van der Waals surface area contributed by atoms with E-state index in [0.717, 1.165) is 6.07 Å². The summed E-state index contributed by atoms with van der Waals surface area (Å²) in [6.07, 6.45) is -5.66. The van der Waals surface area contributed by atoms with Crippen molar-refractivity contribution in [3.8, 4) is 5.75 Å². The van der Waals surface area contributed by atoms with E-state index >= 15 is 0 Å². The van der Waals surface area contributed by atoms with Gasteiger partial charge in [-0.2, -0.15) is 13.2 Å². The van der Waals surface area contributed by atoms with Gasteiger partial charge in [0.15, 0.2) is 0 Å². The van der Waals surface area contributed by atoms with Crippen LogP contribution in [0.5, 0.6) is 5.75 Å². The molecule has 1 aromatic carbocycles. The van der Waals surface area contributed by atoms with Gasteiger partial charge in [0.05, 0.1) is 7.11 Å². The number of hydrogen-bond donors (Lipinski definition) is 2. The van der Waals surface area contributed by atoms with Gasteiger partial charge in [0.2, 0.25) is 0 Å². The van der Waals surface area contributed by atoms with E-state index in [9.17, 15) is 17.6 Å². The highest BCUT2D eigenvalue weighted by Crippen LogP contribution is 2.29. The Hall–Kier alpha value is -1.34. The molecule has 0 amide bonds. The summed E-state index contributed by atoms with van der Waals surface area (Å²) >= 11 is 0. The highest BCUT2D eigenvalue weighted by Gasteiger charge is 2.29. The first-order valence-electron chi connectivity index (χ1n) is 5.23. The van der Waals surface area contributed by atoms with Gasteiger partial charge in [0.1, 0.15) is 11.6 Å². The molecule has 0 aromatic heterocycles. The zero-order valence-corrected chi connectivity index (χ0v) is 9.72. The van der Waals surface area contributed by atoms with E-state index < -0.39 is 24.5 Å². The Labute approximate surface area is 102 Å². The Bertz CT molecular complexity index is 395. The van der Waals surface area contributed by atoms with Crippen molar-refractivity contribution < 1.29 is 22.3 Å². The second kappa shape index (κ2) is 6.01. The third-order valence-corrected chi connectivity index (χ3v) is 2.50. The van der Waals surface area contributed by atoms with Crippen molar-refractivity contribution in [3.05, 3.63) is 29.6 Å². The van der Waals surface area contributed by atoms with E-state index in [2.05, 4.69) is 5.43 Å². The molecule has 18 heavy (non-hydrogen) atoms. The Morgan fingerprint density at radius 2 is 2.06 bits per heavy atom. The third-order valence-electron chi connectivity index (χ3n) is 2.50. The maximum Gasteiger partial charge on any atom is 0.389 e. The first-order valence-corrected chi connectivity index (χ1v) is 5.23. The number of hydrazine groups is 1. The van der Waals surface area contributed by atoms with Crippen molar-refractivity contribution in [2.24, 2.45) is 5.84 Å². The second-order valence-corrected chi connectivity index (χ2v) is 3.76. The number of nitrogens with two attached hydrogens (primary N) is 1. The monoisotopic (exact) mass is 266 g/mol. The summed E-state index contributed by atoms with van der Waals surface area (Å²) in [7, 11) is 1.37. The fourth-order valence-electron chi connectivity index (χ4n) is 1.55. The molecule has 0 radical (unpaired) electrons. The molecule has 0 saturated heterocycles. The Balaban J connectivity index is 2.82. The fourth-order valence-corrected chi connectivity index (χ4v) is 1.55. The van der Waals surface area contributed by atoms with Crippen molar-refractivity contribution in [2.75, 3.05) is 7.11 Å². The average molecular weight is 266 g/mol. The van der Waals surface area contributed by atoms with Gasteiger partial charge >= 0.3 is 6.18 Å². The molecule has 1 unspecified atom stereocenters. The first-order chi connectivity index (χ1) is 8.37. The predicted molar refractivity (Wildman–Crippen MR) is 58.3 cm³/mol. The molecular formula is C11H14F4N2O. The quantitative estimate of drug-likeness (QED) is 0.489. The lowest BCUT2D eigenvalue weighted by atomic mass is 10.0. The second-order valence-electron chi connectivity index (χ2n) is 3.76. The van der Waals surface area contributed by atoms with Crippen molar-refractivity contribution in [3.63, 3.8) is 0 Å². The third kappa shape index (κ3) is 4.15. The molecule has 0 spiro atoms. The molecule has 0 fully saturated rings. The van der Waals surface area contributed by atoms with Gasteiger partial charge in [-0.15, -0.1) is 0 Å². The molecule has 0 bridgehead atoms. The van der Waals surface area contributed by atoms with E-state index in [1.807, 2.05) is 0 Å². The SMILES string of the molecule is COc1ccc(C(CCC(F)(F)F)NN)c(F)c1. The van der Waals surface area contributed by atoms with Crippen LogP contribution in [0.1, 0.15) is 24.4 Å². The van der Waals surface area contributed by atoms with Crippen LogP contribution in [0.4, 0.5) is 17.6 Å². The Kier molecular flexibility index (Phi) is 4.92. The minimum Gasteiger partial charge on any atom is -0.497 e. The number of alkyl halides is 3. The maximum absolute atomic E-state index is 13.6. The molecular weight excluding hydrogens is 252 g/mol. The standard InChI is InChI=1S/C11H14F4N2O/c1-18-7-2-3-8(9(12)6-7)10(17-16)4-5-11(13,14)15/h2-3,6,10,17H,4-5,16H2,1H3. The summed E-state index contributed by atoms with van der Waals surface area (Å²) in [5, 5.41) is 0. The Morgan fingerprint density at radius 3 is 2.50 bits per heavy atom. The fraction of sp³-hybridized carbons (Fsp3) is 0.455. The van der Waals surface area contributed by atoms with Crippen LogP contribution in [-0.4, -0.2) is 13.3 Å². The summed E-state index contributed by atoms with van der Waals surface area (Å²) < 4.78 is 54.8. The predicted octanol–water partition coefficient (Wildman–Crippen LogP) is 2.68. The van der Waals surface area contributed by atoms with Crippen LogP contribution in [0.15, 0.2) is 18.2 Å². The normalized spacial score (nSPS) is 13.4. The van der Waals surface area contributed by atoms with Crippen LogP contribution in [-0.2, 0) is 0 Å². The number of benzene rings is 1. The van der Waals surface area contributed by atoms with Gasteiger partial charge in [-0.25, -0.2) is 4.39 Å². The molecule has 1 aromatic rings. The van der Waals surface area contributed by atoms with Crippen LogP contribution >= 0.6 is 0 Å². The zero-order valence-electron chi connectivity index (χ0n) is 9.72. The van der Waals surface area contributed by atoms with Crippen molar-refractivity contribution in [2.45, 2.75) is 25.1 Å². The maximum atomic E-state index is 13.6. The van der Waals surface area contributed by atoms with Crippen molar-refractivity contribution in [1.29, 1.82) is 0 Å². The first kappa shape index (κ1) is 14.7. The smallest absolute Gasteiger partial charge is 0.389 e. The van der Waals surface area contributed by atoms with E-state index in [1.165, 1.54) is 19.2 Å². The van der Waals surface area contributed by atoms with Gasteiger partial charge in [0, 0.05) is 24.1 Å². The summed E-state index contributed by atoms with van der Waals surface area (Å²) in [6, 6.07) is 3.04. The summed E-state index contributed by atoms with van der Waals surface area (Å²) in [4.78, 5) is 0. The molecule has 1 atom stereocenters. The highest BCUT2D eigenvalue weighted by atomic mass is 19.4. The zero-order chi connectivity index (χ0) is 13.8. The Morgan fingerprint density at radius 1 is 1.39 bits per heavy atom. The number of rotatable bonds is 5. The molecule has 3 nitrogen and oxygen atoms in total. The largest absolute Gasteiger partial charge is 0.497 e. The summed E-state index contributed by atoms with van der Waals surface area (Å²) in [5.74, 6) is 4.80. The average Bonchev–Trinajstić information content (AvgIpc) is 2.30. The molecule has 3 N–H and O–H groups in total. The molecule has 102 valence electrons.